The van der Waals surface area contributed by atoms with Gasteiger partial charge in [0.05, 0.1) is 0 Å². The van der Waals surface area contributed by atoms with Crippen LogP contribution in [0.15, 0.2) is 6.07 Å². The third-order valence-corrected chi connectivity index (χ3v) is 4.10. The fraction of sp³-hybridized carbons (Fsp3) is 0.733. The summed E-state index contributed by atoms with van der Waals surface area (Å²) in [7, 11) is 0. The molecule has 0 saturated heterocycles. The van der Waals surface area contributed by atoms with Crippen LogP contribution in [0.3, 0.4) is 0 Å². The predicted octanol–water partition coefficient (Wildman–Crippen LogP) is 3.68. The van der Waals surface area contributed by atoms with Gasteiger partial charge in [-0.1, -0.05) is 46.0 Å². The summed E-state index contributed by atoms with van der Waals surface area (Å²) in [6.45, 7) is 5.02. The summed E-state index contributed by atoms with van der Waals surface area (Å²) in [4.78, 5) is 11.0. The lowest BCUT2D eigenvalue weighted by Crippen LogP contribution is -2.13. The Morgan fingerprint density at radius 3 is 2.68 bits per heavy atom. The molecule has 1 saturated carbocycles. The highest BCUT2D eigenvalue weighted by Crippen LogP contribution is 2.27. The number of hydrogen-bond donors (Lipinski definition) is 1. The van der Waals surface area contributed by atoms with Crippen LogP contribution in [0.2, 0.25) is 0 Å². The molecule has 1 heterocycles. The van der Waals surface area contributed by atoms with Crippen LogP contribution >= 0.6 is 0 Å². The van der Waals surface area contributed by atoms with Gasteiger partial charge in [0, 0.05) is 12.2 Å². The van der Waals surface area contributed by atoms with Crippen LogP contribution < -0.4 is 0 Å². The summed E-state index contributed by atoms with van der Waals surface area (Å²) in [6, 6.07) is 1.72. The van der Waals surface area contributed by atoms with Crippen molar-refractivity contribution in [2.45, 2.75) is 64.8 Å². The van der Waals surface area contributed by atoms with E-state index in [2.05, 4.69) is 18.9 Å². The second-order valence-corrected chi connectivity index (χ2v) is 5.93. The molecular formula is C15H24N2O2. The van der Waals surface area contributed by atoms with E-state index >= 15 is 0 Å². The van der Waals surface area contributed by atoms with Crippen molar-refractivity contribution in [2.75, 3.05) is 0 Å². The lowest BCUT2D eigenvalue weighted by atomic mass is 9.87. The van der Waals surface area contributed by atoms with Crippen molar-refractivity contribution in [1.29, 1.82) is 0 Å². The number of aryl methyl sites for hydroxylation is 1. The molecule has 19 heavy (non-hydrogen) atoms. The molecule has 0 radical (unpaired) electrons. The molecule has 1 fully saturated rings. The first-order chi connectivity index (χ1) is 9.08. The Balaban J connectivity index is 2.03. The number of carboxylic acid groups (broad SMARTS) is 1. The average Bonchev–Trinajstić information content (AvgIpc) is 2.82. The van der Waals surface area contributed by atoms with Crippen molar-refractivity contribution in [1.82, 2.24) is 9.78 Å². The molecule has 1 aromatic heterocycles. The molecule has 106 valence electrons. The Morgan fingerprint density at radius 1 is 1.42 bits per heavy atom. The highest BCUT2D eigenvalue weighted by molar-refractivity contribution is 5.85. The van der Waals surface area contributed by atoms with Crippen molar-refractivity contribution < 1.29 is 9.90 Å². The maximum atomic E-state index is 11.0. The number of carbonyl (C=O) groups is 1. The lowest BCUT2D eigenvalue weighted by Gasteiger charge is -2.22. The minimum atomic E-state index is -0.932. The molecular weight excluding hydrogens is 240 g/mol. The van der Waals surface area contributed by atoms with Gasteiger partial charge in [0.25, 0.3) is 0 Å². The molecule has 1 N–H and O–H groups in total. The van der Waals surface area contributed by atoms with Crippen LogP contribution in [-0.4, -0.2) is 20.9 Å². The zero-order valence-corrected chi connectivity index (χ0v) is 11.9. The van der Waals surface area contributed by atoms with E-state index in [1.54, 1.807) is 6.07 Å². The molecule has 4 nitrogen and oxygen atoms in total. The number of carboxylic acids is 1. The summed E-state index contributed by atoms with van der Waals surface area (Å²) >= 11 is 0. The van der Waals surface area contributed by atoms with Gasteiger partial charge >= 0.3 is 5.97 Å². The summed E-state index contributed by atoms with van der Waals surface area (Å²) in [5, 5.41) is 13.3. The van der Waals surface area contributed by atoms with Gasteiger partial charge in [-0.25, -0.2) is 4.79 Å². The van der Waals surface area contributed by atoms with E-state index in [0.717, 1.165) is 24.6 Å². The highest BCUT2D eigenvalue weighted by Gasteiger charge is 2.18. The molecule has 1 aromatic rings. The Hall–Kier alpha value is -1.32. The maximum Gasteiger partial charge on any atom is 0.356 e. The third kappa shape index (κ3) is 3.58. The van der Waals surface area contributed by atoms with Gasteiger partial charge in [-0.3, -0.25) is 4.68 Å². The fourth-order valence-corrected chi connectivity index (χ4v) is 2.96. The summed E-state index contributed by atoms with van der Waals surface area (Å²) < 4.78 is 1.91. The first kappa shape index (κ1) is 14.1. The Kier molecular flexibility index (Phi) is 4.61. The van der Waals surface area contributed by atoms with Crippen LogP contribution in [-0.2, 0) is 6.54 Å². The molecule has 0 bridgehead atoms. The van der Waals surface area contributed by atoms with E-state index in [1.165, 1.54) is 32.1 Å². The van der Waals surface area contributed by atoms with E-state index in [9.17, 15) is 4.79 Å². The van der Waals surface area contributed by atoms with Crippen molar-refractivity contribution in [3.05, 3.63) is 17.5 Å². The van der Waals surface area contributed by atoms with E-state index < -0.39 is 5.97 Å². The third-order valence-electron chi connectivity index (χ3n) is 4.10. The summed E-state index contributed by atoms with van der Waals surface area (Å²) in [5.41, 5.74) is 1.21. The molecule has 2 rings (SSSR count). The summed E-state index contributed by atoms with van der Waals surface area (Å²) in [5.74, 6) is 0.177. The molecule has 0 spiro atoms. The quantitative estimate of drug-likeness (QED) is 0.882. The SMILES string of the molecule is CC(C)c1cc(C(=O)O)nn1CCC1CCCCC1. The molecule has 1 aliphatic rings. The van der Waals surface area contributed by atoms with Crippen molar-refractivity contribution in [3.63, 3.8) is 0 Å². The number of rotatable bonds is 5. The van der Waals surface area contributed by atoms with Gasteiger partial charge in [0.15, 0.2) is 5.69 Å². The van der Waals surface area contributed by atoms with E-state index in [1.807, 2.05) is 4.68 Å². The zero-order valence-electron chi connectivity index (χ0n) is 11.9. The molecule has 0 amide bonds. The van der Waals surface area contributed by atoms with E-state index in [-0.39, 0.29) is 5.69 Å². The second kappa shape index (κ2) is 6.22. The minimum absolute atomic E-state index is 0.173. The van der Waals surface area contributed by atoms with Gasteiger partial charge < -0.3 is 5.11 Å². The van der Waals surface area contributed by atoms with Crippen molar-refractivity contribution in [3.8, 4) is 0 Å². The monoisotopic (exact) mass is 264 g/mol. The normalized spacial score (nSPS) is 17.0. The second-order valence-electron chi connectivity index (χ2n) is 5.93. The standard InChI is InChI=1S/C15H24N2O2/c1-11(2)14-10-13(15(18)19)16-17(14)9-8-12-6-4-3-5-7-12/h10-12H,3-9H2,1-2H3,(H,18,19). The average molecular weight is 264 g/mol. The topological polar surface area (TPSA) is 55.1 Å². The number of aromatic carboxylic acids is 1. The van der Waals surface area contributed by atoms with Gasteiger partial charge in [0.1, 0.15) is 0 Å². The van der Waals surface area contributed by atoms with Gasteiger partial charge in [-0.05, 0) is 24.3 Å². The van der Waals surface area contributed by atoms with Crippen LogP contribution in [0.5, 0.6) is 0 Å². The largest absolute Gasteiger partial charge is 0.476 e. The van der Waals surface area contributed by atoms with Crippen LogP contribution in [0.4, 0.5) is 0 Å². The predicted molar refractivity (Wildman–Crippen MR) is 74.5 cm³/mol. The molecule has 0 aromatic carbocycles. The summed E-state index contributed by atoms with van der Waals surface area (Å²) in [6.07, 6.45) is 7.84. The van der Waals surface area contributed by atoms with Crippen molar-refractivity contribution >= 4 is 5.97 Å². The van der Waals surface area contributed by atoms with Crippen LogP contribution in [0.1, 0.15) is 74.5 Å². The molecule has 4 heteroatoms. The highest BCUT2D eigenvalue weighted by atomic mass is 16.4. The van der Waals surface area contributed by atoms with E-state index in [0.29, 0.717) is 5.92 Å². The van der Waals surface area contributed by atoms with Gasteiger partial charge in [-0.2, -0.15) is 5.10 Å². The lowest BCUT2D eigenvalue weighted by molar-refractivity contribution is 0.0689. The maximum absolute atomic E-state index is 11.0. The van der Waals surface area contributed by atoms with Gasteiger partial charge in [0.2, 0.25) is 0 Å². The van der Waals surface area contributed by atoms with E-state index in [4.69, 9.17) is 5.11 Å². The first-order valence-corrected chi connectivity index (χ1v) is 7.39. The smallest absolute Gasteiger partial charge is 0.356 e. The number of nitrogens with zero attached hydrogens (tertiary/aromatic N) is 2. The Labute approximate surface area is 114 Å². The number of aromatic nitrogens is 2. The molecule has 0 aliphatic heterocycles. The fourth-order valence-electron chi connectivity index (χ4n) is 2.96. The molecule has 0 unspecified atom stereocenters. The molecule has 1 aliphatic carbocycles. The Morgan fingerprint density at radius 2 is 2.11 bits per heavy atom. The van der Waals surface area contributed by atoms with Crippen LogP contribution in [0.25, 0.3) is 0 Å². The van der Waals surface area contributed by atoms with Gasteiger partial charge in [-0.15, -0.1) is 0 Å². The minimum Gasteiger partial charge on any atom is -0.476 e. The first-order valence-electron chi connectivity index (χ1n) is 7.39. The Bertz CT molecular complexity index is 431. The zero-order chi connectivity index (χ0) is 13.8. The number of hydrogen-bond acceptors (Lipinski definition) is 2. The van der Waals surface area contributed by atoms with Crippen LogP contribution in [0, 0.1) is 5.92 Å². The van der Waals surface area contributed by atoms with Crippen molar-refractivity contribution in [2.24, 2.45) is 5.92 Å². The molecule has 0 atom stereocenters.